The van der Waals surface area contributed by atoms with E-state index in [1.54, 1.807) is 17.2 Å². The molecule has 0 radical (unpaired) electrons. The number of ether oxygens (including phenoxy) is 1. The zero-order valence-electron chi connectivity index (χ0n) is 16.1. The molecule has 0 bridgehead atoms. The zero-order chi connectivity index (χ0) is 21.0. The van der Waals surface area contributed by atoms with Crippen LogP contribution in [0.15, 0.2) is 36.5 Å². The summed E-state index contributed by atoms with van der Waals surface area (Å²) in [5.74, 6) is 0.774. The Morgan fingerprint density at radius 3 is 2.59 bits per heavy atom. The van der Waals surface area contributed by atoms with Gasteiger partial charge in [0.05, 0.1) is 6.04 Å². The van der Waals surface area contributed by atoms with Crippen molar-refractivity contribution in [2.45, 2.75) is 26.5 Å². The Balaban J connectivity index is 1.67. The van der Waals surface area contributed by atoms with Crippen LogP contribution in [-0.4, -0.2) is 53.2 Å². The normalized spacial score (nSPS) is 17.0. The predicted octanol–water partition coefficient (Wildman–Crippen LogP) is 4.11. The first kappa shape index (κ1) is 21.0. The van der Waals surface area contributed by atoms with Crippen LogP contribution in [0, 0.1) is 5.92 Å². The Labute approximate surface area is 172 Å². The van der Waals surface area contributed by atoms with E-state index in [0.29, 0.717) is 36.4 Å². The van der Waals surface area contributed by atoms with Crippen molar-refractivity contribution in [3.63, 3.8) is 0 Å². The summed E-state index contributed by atoms with van der Waals surface area (Å²) in [6, 6.07) is 7.12. The lowest BCUT2D eigenvalue weighted by molar-refractivity contribution is -0.0498. The summed E-state index contributed by atoms with van der Waals surface area (Å²) in [7, 11) is 0. The van der Waals surface area contributed by atoms with Gasteiger partial charge in [-0.05, 0) is 36.2 Å². The van der Waals surface area contributed by atoms with Crippen LogP contribution in [0.5, 0.6) is 5.75 Å². The molecule has 1 N–H and O–H groups in total. The minimum absolute atomic E-state index is 0.0354. The lowest BCUT2D eigenvalue weighted by Gasteiger charge is -2.43. The van der Waals surface area contributed by atoms with Crippen molar-refractivity contribution in [3.05, 3.63) is 41.7 Å². The first-order valence-electron chi connectivity index (χ1n) is 9.19. The smallest absolute Gasteiger partial charge is 0.387 e. The van der Waals surface area contributed by atoms with Gasteiger partial charge in [0.15, 0.2) is 0 Å². The standard InChI is InChI=1S/C19H22ClF2N5O2/c1-12(2)15-11-26(18-23-8-7-16(20)25-18)9-10-27(15)19(28)24-13-3-5-14(6-4-13)29-17(21)22/h3-8,12,15,17H,9-11H2,1-2H3,(H,24,28). The minimum atomic E-state index is -2.89. The molecule has 1 aliphatic heterocycles. The summed E-state index contributed by atoms with van der Waals surface area (Å²) in [5, 5.41) is 3.18. The number of halogens is 3. The van der Waals surface area contributed by atoms with E-state index in [2.05, 4.69) is 20.0 Å². The molecule has 1 unspecified atom stereocenters. The van der Waals surface area contributed by atoms with Gasteiger partial charge >= 0.3 is 12.6 Å². The molecule has 156 valence electrons. The number of amides is 2. The average Bonchev–Trinajstić information content (AvgIpc) is 2.68. The number of alkyl halides is 2. The van der Waals surface area contributed by atoms with E-state index in [-0.39, 0.29) is 23.7 Å². The highest BCUT2D eigenvalue weighted by molar-refractivity contribution is 6.29. The fourth-order valence-corrected chi connectivity index (χ4v) is 3.34. The molecule has 2 heterocycles. The molecule has 0 spiro atoms. The Morgan fingerprint density at radius 2 is 1.97 bits per heavy atom. The number of carbonyl (C=O) groups excluding carboxylic acids is 1. The fourth-order valence-electron chi connectivity index (χ4n) is 3.21. The summed E-state index contributed by atoms with van der Waals surface area (Å²) in [6.07, 6.45) is 1.61. The van der Waals surface area contributed by atoms with Crippen molar-refractivity contribution in [3.8, 4) is 5.75 Å². The lowest BCUT2D eigenvalue weighted by Crippen LogP contribution is -2.58. The molecule has 1 aromatic heterocycles. The summed E-state index contributed by atoms with van der Waals surface area (Å²) in [5.41, 5.74) is 0.500. The predicted molar refractivity (Wildman–Crippen MR) is 107 cm³/mol. The van der Waals surface area contributed by atoms with E-state index < -0.39 is 6.61 Å². The molecule has 1 atom stereocenters. The van der Waals surface area contributed by atoms with Crippen molar-refractivity contribution in [1.29, 1.82) is 0 Å². The Morgan fingerprint density at radius 1 is 1.24 bits per heavy atom. The molecule has 1 aliphatic rings. The Hall–Kier alpha value is -2.68. The summed E-state index contributed by atoms with van der Waals surface area (Å²) in [6.45, 7) is 2.83. The lowest BCUT2D eigenvalue weighted by atomic mass is 10.00. The largest absolute Gasteiger partial charge is 0.435 e. The second-order valence-electron chi connectivity index (χ2n) is 6.96. The maximum atomic E-state index is 12.8. The van der Waals surface area contributed by atoms with E-state index >= 15 is 0 Å². The number of piperazine rings is 1. The van der Waals surface area contributed by atoms with Gasteiger partial charge in [0.1, 0.15) is 10.9 Å². The quantitative estimate of drug-likeness (QED) is 0.730. The van der Waals surface area contributed by atoms with Crippen LogP contribution >= 0.6 is 11.6 Å². The fraction of sp³-hybridized carbons (Fsp3) is 0.421. The van der Waals surface area contributed by atoms with E-state index in [0.717, 1.165) is 0 Å². The number of benzene rings is 1. The summed E-state index contributed by atoms with van der Waals surface area (Å²) >= 11 is 5.97. The molecular weight excluding hydrogens is 404 g/mol. The van der Waals surface area contributed by atoms with Gasteiger partial charge in [-0.25, -0.2) is 14.8 Å². The number of aromatic nitrogens is 2. The number of nitrogens with one attached hydrogen (secondary N) is 1. The zero-order valence-corrected chi connectivity index (χ0v) is 16.8. The van der Waals surface area contributed by atoms with Crippen LogP contribution in [0.2, 0.25) is 5.15 Å². The van der Waals surface area contributed by atoms with Gasteiger partial charge in [-0.3, -0.25) is 0 Å². The average molecular weight is 426 g/mol. The van der Waals surface area contributed by atoms with Gasteiger partial charge in [0.25, 0.3) is 0 Å². The van der Waals surface area contributed by atoms with Gasteiger partial charge in [0.2, 0.25) is 5.95 Å². The van der Waals surface area contributed by atoms with Crippen molar-refractivity contribution < 1.29 is 18.3 Å². The third kappa shape index (κ3) is 5.44. The number of carbonyl (C=O) groups is 1. The summed E-state index contributed by atoms with van der Waals surface area (Å²) in [4.78, 5) is 25.1. The number of anilines is 2. The molecule has 10 heteroatoms. The van der Waals surface area contributed by atoms with Crippen LogP contribution in [-0.2, 0) is 0 Å². The molecule has 7 nitrogen and oxygen atoms in total. The maximum Gasteiger partial charge on any atom is 0.387 e. The van der Waals surface area contributed by atoms with Crippen molar-refractivity contribution >= 4 is 29.3 Å². The van der Waals surface area contributed by atoms with E-state index in [4.69, 9.17) is 11.6 Å². The monoisotopic (exact) mass is 425 g/mol. The SMILES string of the molecule is CC(C)C1CN(c2nccc(Cl)n2)CCN1C(=O)Nc1ccc(OC(F)F)cc1. The molecule has 0 saturated carbocycles. The van der Waals surface area contributed by atoms with Crippen molar-refractivity contribution in [1.82, 2.24) is 14.9 Å². The van der Waals surface area contributed by atoms with Crippen molar-refractivity contribution in [2.24, 2.45) is 5.92 Å². The number of urea groups is 1. The first-order valence-corrected chi connectivity index (χ1v) is 9.57. The van der Waals surface area contributed by atoms with E-state index in [1.807, 2.05) is 18.7 Å². The highest BCUT2D eigenvalue weighted by atomic mass is 35.5. The molecule has 1 aromatic carbocycles. The van der Waals surface area contributed by atoms with Gasteiger partial charge in [-0.2, -0.15) is 8.78 Å². The van der Waals surface area contributed by atoms with E-state index in [1.165, 1.54) is 24.3 Å². The van der Waals surface area contributed by atoms with Crippen LogP contribution < -0.4 is 15.0 Å². The third-order valence-electron chi connectivity index (χ3n) is 4.67. The molecule has 0 aliphatic carbocycles. The van der Waals surface area contributed by atoms with Gasteiger partial charge in [-0.1, -0.05) is 25.4 Å². The van der Waals surface area contributed by atoms with Crippen LogP contribution in [0.4, 0.5) is 25.2 Å². The molecule has 2 amide bonds. The minimum Gasteiger partial charge on any atom is -0.435 e. The van der Waals surface area contributed by atoms with Gasteiger partial charge in [-0.15, -0.1) is 0 Å². The third-order valence-corrected chi connectivity index (χ3v) is 4.88. The van der Waals surface area contributed by atoms with Crippen LogP contribution in [0.1, 0.15) is 13.8 Å². The second-order valence-corrected chi connectivity index (χ2v) is 7.35. The number of nitrogens with zero attached hydrogens (tertiary/aromatic N) is 4. The molecule has 1 fully saturated rings. The Bertz CT molecular complexity index is 838. The molecule has 2 aromatic rings. The van der Waals surface area contributed by atoms with Crippen molar-refractivity contribution in [2.75, 3.05) is 29.9 Å². The molecular formula is C19H22ClF2N5O2. The maximum absolute atomic E-state index is 12.8. The molecule has 29 heavy (non-hydrogen) atoms. The Kier molecular flexibility index (Phi) is 6.68. The van der Waals surface area contributed by atoms with Gasteiger partial charge in [0, 0.05) is 31.5 Å². The highest BCUT2D eigenvalue weighted by Crippen LogP contribution is 2.23. The first-order chi connectivity index (χ1) is 13.8. The topological polar surface area (TPSA) is 70.6 Å². The van der Waals surface area contributed by atoms with Crippen LogP contribution in [0.25, 0.3) is 0 Å². The molecule has 3 rings (SSSR count). The summed E-state index contributed by atoms with van der Waals surface area (Å²) < 4.78 is 28.8. The number of rotatable bonds is 5. The van der Waals surface area contributed by atoms with Crippen LogP contribution in [0.3, 0.4) is 0 Å². The number of hydrogen-bond donors (Lipinski definition) is 1. The highest BCUT2D eigenvalue weighted by Gasteiger charge is 2.33. The molecule has 1 saturated heterocycles. The second kappa shape index (κ2) is 9.21. The van der Waals surface area contributed by atoms with E-state index in [9.17, 15) is 13.6 Å². The van der Waals surface area contributed by atoms with Gasteiger partial charge < -0.3 is 19.9 Å². The number of hydrogen-bond acceptors (Lipinski definition) is 5.